The largest absolute Gasteiger partial charge is 0.391 e. The van der Waals surface area contributed by atoms with Crippen LogP contribution in [0.5, 0.6) is 0 Å². The van der Waals surface area contributed by atoms with Crippen molar-refractivity contribution in [2.75, 3.05) is 5.32 Å². The normalized spacial score (nSPS) is 23.5. The first-order valence-corrected chi connectivity index (χ1v) is 7.61. The predicted octanol–water partition coefficient (Wildman–Crippen LogP) is 3.99. The van der Waals surface area contributed by atoms with Crippen LogP contribution in [0.2, 0.25) is 5.02 Å². The van der Waals surface area contributed by atoms with E-state index in [1.54, 1.807) is 6.20 Å². The van der Waals surface area contributed by atoms with Gasteiger partial charge in [-0.25, -0.2) is 0 Å². The van der Waals surface area contributed by atoms with Gasteiger partial charge in [-0.3, -0.25) is 4.98 Å². The number of benzene rings is 1. The molecule has 0 amide bonds. The van der Waals surface area contributed by atoms with Crippen molar-refractivity contribution in [1.82, 2.24) is 4.98 Å². The van der Waals surface area contributed by atoms with E-state index in [9.17, 15) is 5.11 Å². The highest BCUT2D eigenvalue weighted by Gasteiger charge is 2.21. The van der Waals surface area contributed by atoms with Crippen LogP contribution in [-0.2, 0) is 0 Å². The highest BCUT2D eigenvalue weighted by molar-refractivity contribution is 6.31. The van der Waals surface area contributed by atoms with Crippen LogP contribution >= 0.6 is 11.6 Å². The van der Waals surface area contributed by atoms with Gasteiger partial charge in [-0.1, -0.05) is 30.9 Å². The number of hydrogen-bond acceptors (Lipinski definition) is 3. The summed E-state index contributed by atoms with van der Waals surface area (Å²) in [6.07, 6.45) is 6.90. The number of nitrogens with zero attached hydrogens (tertiary/aromatic N) is 1. The van der Waals surface area contributed by atoms with Crippen LogP contribution in [-0.4, -0.2) is 22.2 Å². The molecule has 2 N–H and O–H groups in total. The summed E-state index contributed by atoms with van der Waals surface area (Å²) in [4.78, 5) is 4.35. The minimum absolute atomic E-state index is 0.124. The van der Waals surface area contributed by atoms with E-state index in [1.807, 2.05) is 24.3 Å². The van der Waals surface area contributed by atoms with Crippen molar-refractivity contribution in [1.29, 1.82) is 0 Å². The lowest BCUT2D eigenvalue weighted by molar-refractivity contribution is 0.144. The molecule has 1 heterocycles. The number of halogens is 1. The van der Waals surface area contributed by atoms with Crippen LogP contribution in [0.1, 0.15) is 32.1 Å². The topological polar surface area (TPSA) is 45.1 Å². The van der Waals surface area contributed by atoms with Gasteiger partial charge in [-0.05, 0) is 37.1 Å². The van der Waals surface area contributed by atoms with Crippen molar-refractivity contribution >= 4 is 28.2 Å². The number of aromatic nitrogens is 1. The first-order chi connectivity index (χ1) is 9.74. The number of rotatable bonds is 2. The van der Waals surface area contributed by atoms with Crippen molar-refractivity contribution in [3.63, 3.8) is 0 Å². The third kappa shape index (κ3) is 2.89. The lowest BCUT2D eigenvalue weighted by atomic mass is 10.0. The summed E-state index contributed by atoms with van der Waals surface area (Å²) < 4.78 is 0. The summed E-state index contributed by atoms with van der Waals surface area (Å²) in [7, 11) is 0. The minimum atomic E-state index is -0.270. The van der Waals surface area contributed by atoms with Crippen LogP contribution in [0.25, 0.3) is 10.9 Å². The second kappa shape index (κ2) is 5.98. The van der Waals surface area contributed by atoms with Crippen LogP contribution in [0, 0.1) is 0 Å². The fourth-order valence-corrected chi connectivity index (χ4v) is 3.07. The van der Waals surface area contributed by atoms with E-state index in [0.29, 0.717) is 5.02 Å². The van der Waals surface area contributed by atoms with Crippen LogP contribution in [0.3, 0.4) is 0 Å². The summed E-state index contributed by atoms with van der Waals surface area (Å²) in [6, 6.07) is 7.81. The predicted molar refractivity (Wildman–Crippen MR) is 83.3 cm³/mol. The second-order valence-corrected chi connectivity index (χ2v) is 5.91. The third-order valence-corrected chi connectivity index (χ3v) is 4.26. The number of hydrogen-bond donors (Lipinski definition) is 2. The molecular weight excluding hydrogens is 272 g/mol. The summed E-state index contributed by atoms with van der Waals surface area (Å²) in [5, 5.41) is 15.5. The molecule has 0 aliphatic heterocycles. The number of anilines is 1. The van der Waals surface area contributed by atoms with Crippen LogP contribution < -0.4 is 5.32 Å². The SMILES string of the molecule is OC1CCCCCC1Nc1ccnc2cc(Cl)ccc12. The molecule has 2 atom stereocenters. The maximum atomic E-state index is 10.2. The van der Waals surface area contributed by atoms with Crippen molar-refractivity contribution < 1.29 is 5.11 Å². The van der Waals surface area contributed by atoms with E-state index < -0.39 is 0 Å². The molecule has 1 aliphatic rings. The van der Waals surface area contributed by atoms with E-state index in [-0.39, 0.29) is 12.1 Å². The molecule has 0 spiro atoms. The van der Waals surface area contributed by atoms with Gasteiger partial charge in [0, 0.05) is 22.3 Å². The van der Waals surface area contributed by atoms with Crippen molar-refractivity contribution in [3.8, 4) is 0 Å². The molecule has 3 rings (SSSR count). The number of aliphatic hydroxyl groups excluding tert-OH is 1. The monoisotopic (exact) mass is 290 g/mol. The van der Waals surface area contributed by atoms with Gasteiger partial charge in [0.15, 0.2) is 0 Å². The molecule has 1 saturated carbocycles. The standard InChI is InChI=1S/C16H19ClN2O/c17-11-6-7-12-13(8-9-18-15(12)10-11)19-14-4-2-1-3-5-16(14)20/h6-10,14,16,20H,1-5H2,(H,18,19). The smallest absolute Gasteiger partial charge is 0.0741 e. The maximum Gasteiger partial charge on any atom is 0.0741 e. The molecule has 4 heteroatoms. The van der Waals surface area contributed by atoms with E-state index in [1.165, 1.54) is 12.8 Å². The Kier molecular flexibility index (Phi) is 4.08. The van der Waals surface area contributed by atoms with E-state index in [0.717, 1.165) is 35.9 Å². The van der Waals surface area contributed by atoms with E-state index >= 15 is 0 Å². The molecule has 106 valence electrons. The molecule has 2 aromatic rings. The highest BCUT2D eigenvalue weighted by atomic mass is 35.5. The number of aliphatic hydroxyl groups is 1. The minimum Gasteiger partial charge on any atom is -0.391 e. The van der Waals surface area contributed by atoms with Crippen molar-refractivity contribution in [2.24, 2.45) is 0 Å². The number of fused-ring (bicyclic) bond motifs is 1. The highest BCUT2D eigenvalue weighted by Crippen LogP contribution is 2.27. The Labute approximate surface area is 124 Å². The molecule has 3 nitrogen and oxygen atoms in total. The average Bonchev–Trinajstić information content (AvgIpc) is 2.64. The van der Waals surface area contributed by atoms with Gasteiger partial charge in [0.25, 0.3) is 0 Å². The summed E-state index contributed by atoms with van der Waals surface area (Å²) in [5.41, 5.74) is 1.91. The lowest BCUT2D eigenvalue weighted by Gasteiger charge is -2.23. The first kappa shape index (κ1) is 13.7. The Morgan fingerprint density at radius 3 is 2.90 bits per heavy atom. The summed E-state index contributed by atoms with van der Waals surface area (Å²) in [6.45, 7) is 0. The molecule has 1 fully saturated rings. The molecular formula is C16H19ClN2O. The summed E-state index contributed by atoms with van der Waals surface area (Å²) in [5.74, 6) is 0. The van der Waals surface area contributed by atoms with Gasteiger partial charge in [0.05, 0.1) is 17.7 Å². The maximum absolute atomic E-state index is 10.2. The Balaban J connectivity index is 1.90. The molecule has 0 saturated heterocycles. The molecule has 2 unspecified atom stereocenters. The zero-order valence-electron chi connectivity index (χ0n) is 11.3. The Morgan fingerprint density at radius 2 is 2.00 bits per heavy atom. The second-order valence-electron chi connectivity index (χ2n) is 5.48. The van der Waals surface area contributed by atoms with Gasteiger partial charge in [-0.2, -0.15) is 0 Å². The Bertz CT molecular complexity index is 602. The average molecular weight is 291 g/mol. The number of nitrogens with one attached hydrogen (secondary N) is 1. The lowest BCUT2D eigenvalue weighted by Crippen LogP contribution is -2.32. The Hall–Kier alpha value is -1.32. The molecule has 0 bridgehead atoms. The molecule has 1 aliphatic carbocycles. The number of pyridine rings is 1. The van der Waals surface area contributed by atoms with Gasteiger partial charge in [0.2, 0.25) is 0 Å². The van der Waals surface area contributed by atoms with Crippen LogP contribution in [0.15, 0.2) is 30.5 Å². The quantitative estimate of drug-likeness (QED) is 0.822. The molecule has 1 aromatic heterocycles. The third-order valence-electron chi connectivity index (χ3n) is 4.03. The fraction of sp³-hybridized carbons (Fsp3) is 0.438. The molecule has 1 aromatic carbocycles. The summed E-state index contributed by atoms with van der Waals surface area (Å²) >= 11 is 6.01. The van der Waals surface area contributed by atoms with E-state index in [2.05, 4.69) is 10.3 Å². The fourth-order valence-electron chi connectivity index (χ4n) is 2.90. The zero-order chi connectivity index (χ0) is 13.9. The van der Waals surface area contributed by atoms with Gasteiger partial charge in [-0.15, -0.1) is 0 Å². The van der Waals surface area contributed by atoms with Gasteiger partial charge >= 0.3 is 0 Å². The van der Waals surface area contributed by atoms with Crippen molar-refractivity contribution in [3.05, 3.63) is 35.5 Å². The first-order valence-electron chi connectivity index (χ1n) is 7.23. The Morgan fingerprint density at radius 1 is 1.15 bits per heavy atom. The molecule has 0 radical (unpaired) electrons. The van der Waals surface area contributed by atoms with Crippen molar-refractivity contribution in [2.45, 2.75) is 44.2 Å². The van der Waals surface area contributed by atoms with Crippen LogP contribution in [0.4, 0.5) is 5.69 Å². The van der Waals surface area contributed by atoms with Gasteiger partial charge in [0.1, 0.15) is 0 Å². The molecule has 20 heavy (non-hydrogen) atoms. The van der Waals surface area contributed by atoms with E-state index in [4.69, 9.17) is 11.6 Å². The van der Waals surface area contributed by atoms with Gasteiger partial charge < -0.3 is 10.4 Å². The zero-order valence-corrected chi connectivity index (χ0v) is 12.1.